The Labute approximate surface area is 846 Å². The number of rotatable bonds is 22. The Kier molecular flexibility index (Phi) is 31.4. The minimum absolute atomic E-state index is 0.0537. The smallest absolute Gasteiger partial charge is 0.248 e. The van der Waals surface area contributed by atoms with Gasteiger partial charge in [0.15, 0.2) is 0 Å². The Morgan fingerprint density at radius 1 is 0.403 bits per heavy atom. The predicted octanol–water partition coefficient (Wildman–Crippen LogP) is 13.1. The molecule has 2 unspecified atom stereocenters. The van der Waals surface area contributed by atoms with E-state index in [1.165, 1.54) is 46.6 Å². The molecule has 8 aromatic heterocycles. The third-order valence-electron chi connectivity index (χ3n) is 26.2. The second-order valence-corrected chi connectivity index (χ2v) is 46.7. The number of piperazine rings is 4. The van der Waals surface area contributed by atoms with Gasteiger partial charge in [0.1, 0.15) is 29.2 Å². The molecule has 46 heteroatoms. The monoisotopic (exact) mass is 2130 g/mol. The molecule has 2 N–H and O–H groups in total. The van der Waals surface area contributed by atoms with Crippen LogP contribution in [0.15, 0.2) is 146 Å². The number of hydrogen-bond donors (Lipinski definition) is 2. The number of nitrogens with zero attached hydrogens (tertiary/aromatic N) is 19. The first-order valence-electron chi connectivity index (χ1n) is 44.9. The molecule has 12 aromatic rings. The molecule has 7 fully saturated rings. The number of aliphatic hydroxyl groups is 1. The number of sulfonamides is 4. The Bertz CT molecular complexity index is 7220. The molecule has 0 saturated carbocycles. The van der Waals surface area contributed by atoms with E-state index in [0.717, 1.165) is 134 Å². The number of fused-ring (bicyclic) bond motifs is 6. The first kappa shape index (κ1) is 103. The number of nitrogens with one attached hydrogen (secondary N) is 1. The zero-order chi connectivity index (χ0) is 99.2. The van der Waals surface area contributed by atoms with Crippen LogP contribution in [0, 0.1) is 5.92 Å². The molecule has 7 aliphatic heterocycles. The van der Waals surface area contributed by atoms with Crippen LogP contribution in [0.3, 0.4) is 0 Å². The fourth-order valence-corrected chi connectivity index (χ4v) is 22.5. The Morgan fingerprint density at radius 3 is 1.03 bits per heavy atom. The van der Waals surface area contributed by atoms with Crippen molar-refractivity contribution >= 4 is 202 Å². The van der Waals surface area contributed by atoms with Crippen molar-refractivity contribution in [2.24, 2.45) is 5.92 Å². The topological polar surface area (TPSA) is 351 Å². The summed E-state index contributed by atoms with van der Waals surface area (Å²) < 4.78 is 116. The Hall–Kier alpha value is -9.40. The van der Waals surface area contributed by atoms with E-state index in [0.29, 0.717) is 201 Å². The van der Waals surface area contributed by atoms with Crippen molar-refractivity contribution < 1.29 is 62.7 Å². The number of aromatic nitrogens is 8. The molecule has 0 radical (unpaired) electrons. The zero-order valence-corrected chi connectivity index (χ0v) is 86.4. The first-order chi connectivity index (χ1) is 66.0. The third-order valence-corrected chi connectivity index (χ3v) is 32.6. The maximum atomic E-state index is 13.0. The summed E-state index contributed by atoms with van der Waals surface area (Å²) in [6, 6.07) is 35.7. The molecule has 740 valence electrons. The lowest BCUT2D eigenvalue weighted by Gasteiger charge is -2.37. The quantitative estimate of drug-likeness (QED) is 0.0636. The van der Waals surface area contributed by atoms with Gasteiger partial charge in [-0.1, -0.05) is 92.8 Å². The van der Waals surface area contributed by atoms with Crippen molar-refractivity contribution in [1.82, 2.24) is 76.7 Å². The molecule has 7 aliphatic rings. The average Bonchev–Trinajstić information content (AvgIpc) is 1.63. The van der Waals surface area contributed by atoms with E-state index in [4.69, 9.17) is 123 Å². The van der Waals surface area contributed by atoms with Crippen LogP contribution in [0.5, 0.6) is 0 Å². The van der Waals surface area contributed by atoms with Gasteiger partial charge in [0.05, 0.1) is 113 Å². The van der Waals surface area contributed by atoms with Gasteiger partial charge in [-0.05, 0) is 147 Å². The molecule has 139 heavy (non-hydrogen) atoms. The normalized spacial score (nSPS) is 17.8. The van der Waals surface area contributed by atoms with Crippen LogP contribution in [-0.2, 0) is 90.2 Å². The van der Waals surface area contributed by atoms with Crippen LogP contribution in [-0.4, -0.2) is 309 Å². The number of imidazole rings is 4. The fraction of sp³-hybridized carbons (Fsp3) is 0.398. The minimum atomic E-state index is -3.44. The summed E-state index contributed by atoms with van der Waals surface area (Å²) in [6.45, 7) is 12.5. The van der Waals surface area contributed by atoms with Gasteiger partial charge in [0.2, 0.25) is 63.7 Å². The maximum absolute atomic E-state index is 13.0. The molecule has 34 nitrogen and oxygen atoms in total. The van der Waals surface area contributed by atoms with Gasteiger partial charge in [-0.2, -0.15) is 0 Å². The number of ether oxygens (including phenoxy) is 1. The average molecular weight is 2140 g/mol. The van der Waals surface area contributed by atoms with Gasteiger partial charge in [-0.15, -0.1) is 0 Å². The molecular weight excluding hydrogens is 2030 g/mol. The van der Waals surface area contributed by atoms with Crippen molar-refractivity contribution in [2.75, 3.05) is 175 Å². The highest BCUT2D eigenvalue weighted by Crippen LogP contribution is 2.42. The summed E-state index contributed by atoms with van der Waals surface area (Å²) >= 11 is 50.7. The molecule has 4 aromatic carbocycles. The Morgan fingerprint density at radius 2 is 0.712 bits per heavy atom. The van der Waals surface area contributed by atoms with Gasteiger partial charge >= 0.3 is 0 Å². The highest BCUT2D eigenvalue weighted by atomic mass is 35.5. The zero-order valence-electron chi connectivity index (χ0n) is 77.1. The van der Waals surface area contributed by atoms with Crippen LogP contribution in [0.25, 0.3) is 67.6 Å². The number of carbonyl (C=O) groups is 4. The summed E-state index contributed by atoms with van der Waals surface area (Å²) in [6.07, 6.45) is 16.2. The fourth-order valence-electron chi connectivity index (χ4n) is 18.5. The van der Waals surface area contributed by atoms with Crippen LogP contribution in [0.4, 0.5) is 22.7 Å². The summed E-state index contributed by atoms with van der Waals surface area (Å²) in [5, 5.41) is 13.2. The van der Waals surface area contributed by atoms with Crippen LogP contribution >= 0.6 is 92.8 Å². The lowest BCUT2D eigenvalue weighted by Crippen LogP contribution is -2.51. The lowest BCUT2D eigenvalue weighted by atomic mass is 9.98. The van der Waals surface area contributed by atoms with Crippen molar-refractivity contribution in [2.45, 2.75) is 76.8 Å². The van der Waals surface area contributed by atoms with E-state index in [9.17, 15) is 52.8 Å². The number of halogens is 8. The third kappa shape index (κ3) is 23.6. The van der Waals surface area contributed by atoms with Gasteiger partial charge in [0.25, 0.3) is 0 Å². The molecule has 0 spiro atoms. The standard InChI is InChI=1S/C26H31Cl2N5O4S.C23H25Cl2N5O3S.C22H25Cl2N5O4S.C22H23Cl2N5O3S/c1-30(38(2,35)36)20-4-6-24-29-25(21-5-3-19(27)15-22(21)28)23(33(24)16-20)17-31-9-11-32(12-10-31)26(34)18-7-13-37-14-8-18;1-27(34(2,32)33)16-4-7-21-26-23(18-6-3-15(24)11-19(18)25)20(30(21)13-16)14-28-9-10-29-17(12-28)5-8-22(29)31;1-26(34(2,32)33)16-4-6-20-25-22(17-5-3-15(23)11-18(17)24)19(29(20)12-16)13-27-7-9-28(10-8-27)21(31)14-30;1-33(31,32)26-15-3-6-20-25-22(17-5-2-14(23)10-18(17)24)19(29(20)11-15)13-27-8-9-28-16(12-27)4-7-21(28)30/h3-6,15-16,18H,7-14,17H2,1-2H3;3-4,6-7,11,13,17H,5,8-10,12,14H2,1-2H3;3-6,11-12,30H,7-10,13-14H2,1-2H3;2-3,5-6,10-11,16,26H,4,7-9,12-13H2,1H3. The highest BCUT2D eigenvalue weighted by molar-refractivity contribution is 7.92. The van der Waals surface area contributed by atoms with Crippen molar-refractivity contribution in [3.05, 3.63) is 209 Å². The van der Waals surface area contributed by atoms with Gasteiger partial charge in [-0.3, -0.25) is 74.0 Å². The van der Waals surface area contributed by atoms with Gasteiger partial charge in [0, 0.05) is 250 Å². The highest BCUT2D eigenvalue weighted by Gasteiger charge is 2.40. The van der Waals surface area contributed by atoms with E-state index in [1.54, 1.807) is 127 Å². The van der Waals surface area contributed by atoms with Crippen LogP contribution < -0.4 is 17.6 Å². The number of carbonyl (C=O) groups excluding carboxylic acids is 4. The molecule has 2 atom stereocenters. The van der Waals surface area contributed by atoms with Gasteiger partial charge in [-0.25, -0.2) is 53.6 Å². The molecule has 7 saturated heterocycles. The lowest BCUT2D eigenvalue weighted by molar-refractivity contribution is -0.140. The summed E-state index contributed by atoms with van der Waals surface area (Å²) in [4.78, 5) is 85.0. The number of pyridine rings is 4. The van der Waals surface area contributed by atoms with E-state index in [-0.39, 0.29) is 41.6 Å². The summed E-state index contributed by atoms with van der Waals surface area (Å²) in [5.41, 5.74) is 14.1. The van der Waals surface area contributed by atoms with Crippen molar-refractivity contribution in [1.29, 1.82) is 0 Å². The predicted molar refractivity (Wildman–Crippen MR) is 545 cm³/mol. The number of benzene rings is 4. The van der Waals surface area contributed by atoms with Crippen molar-refractivity contribution in [3.63, 3.8) is 0 Å². The number of anilines is 4. The Balaban J connectivity index is 0.000000134. The van der Waals surface area contributed by atoms with Gasteiger partial charge < -0.3 is 29.4 Å². The molecule has 4 amide bonds. The summed E-state index contributed by atoms with van der Waals surface area (Å²) in [5.74, 6) is 0.473. The van der Waals surface area contributed by atoms with Crippen molar-refractivity contribution in [3.8, 4) is 45.0 Å². The first-order valence-corrected chi connectivity index (χ1v) is 55.3. The molecule has 0 aliphatic carbocycles. The second kappa shape index (κ2) is 42.6. The van der Waals surface area contributed by atoms with E-state index >= 15 is 0 Å². The second-order valence-electron chi connectivity index (χ2n) is 35.5. The number of amides is 4. The maximum Gasteiger partial charge on any atom is 0.248 e. The van der Waals surface area contributed by atoms with E-state index in [1.807, 2.05) is 56.6 Å². The van der Waals surface area contributed by atoms with E-state index in [2.05, 4.69) is 24.3 Å². The van der Waals surface area contributed by atoms with Crippen LogP contribution in [0.2, 0.25) is 40.2 Å². The summed E-state index contributed by atoms with van der Waals surface area (Å²) in [7, 11) is -9.17. The molecular formula is C93H104Cl8N20O14S4. The number of hydrogen-bond acceptors (Lipinski definition) is 22. The largest absolute Gasteiger partial charge is 0.387 e. The van der Waals surface area contributed by atoms with E-state index < -0.39 is 46.7 Å². The number of aliphatic hydroxyl groups excluding tert-OH is 1. The molecule has 15 heterocycles. The molecule has 19 rings (SSSR count). The van der Waals surface area contributed by atoms with Crippen LogP contribution in [0.1, 0.15) is 61.3 Å². The minimum Gasteiger partial charge on any atom is -0.387 e. The molecule has 0 bridgehead atoms. The SMILES string of the molecule is CN(c1ccc2nc(-c3ccc(Cl)cc3Cl)c(CN3CCN(C(=O)C4CCOCC4)CC3)n2c1)S(C)(=O)=O.CN(c1ccc2nc(-c3ccc(Cl)cc3Cl)c(CN3CCN(C(=O)CO)CC3)n2c1)S(C)(=O)=O.CN(c1ccc2nc(-c3ccc(Cl)cc3Cl)c(CN3CCN4C(=O)CCC4C3)n2c1)S(C)(=O)=O.CS(=O)(=O)Nc1ccc2nc(-c3ccc(Cl)cc3Cl)c(CN3CCN4C(=O)CCC4C3)n2c1.